The maximum Gasteiger partial charge on any atom is 0.315 e. The summed E-state index contributed by atoms with van der Waals surface area (Å²) in [5.74, 6) is -3.99. The zero-order valence-electron chi connectivity index (χ0n) is 9.18. The molecule has 1 N–H and O–H groups in total. The third-order valence-electron chi connectivity index (χ3n) is 2.56. The van der Waals surface area contributed by atoms with Crippen molar-refractivity contribution in [1.29, 1.82) is 0 Å². The Morgan fingerprint density at radius 2 is 1.83 bits per heavy atom. The van der Waals surface area contributed by atoms with Crippen LogP contribution in [0.2, 0.25) is 0 Å². The fraction of sp³-hybridized carbons (Fsp3) is 0.0769. The lowest BCUT2D eigenvalue weighted by Gasteiger charge is -2.13. The number of carboxylic acid groups (broad SMARTS) is 1. The molecule has 0 radical (unpaired) electrons. The van der Waals surface area contributed by atoms with Crippen LogP contribution in [0.25, 0.3) is 0 Å². The minimum atomic E-state index is -1.20. The van der Waals surface area contributed by atoms with Crippen LogP contribution in [0.15, 0.2) is 42.7 Å². The number of hydrogen-bond acceptors (Lipinski definition) is 2. The van der Waals surface area contributed by atoms with E-state index in [4.69, 9.17) is 0 Å². The highest BCUT2D eigenvalue weighted by atomic mass is 19.1. The van der Waals surface area contributed by atoms with Crippen LogP contribution < -0.4 is 0 Å². The maximum absolute atomic E-state index is 13.6. The van der Waals surface area contributed by atoms with Crippen LogP contribution in [-0.4, -0.2) is 16.1 Å². The van der Waals surface area contributed by atoms with E-state index in [1.807, 2.05) is 0 Å². The second-order valence-corrected chi connectivity index (χ2v) is 3.72. The van der Waals surface area contributed by atoms with Crippen LogP contribution in [0.5, 0.6) is 0 Å². The molecular weight excluding hydrogens is 240 g/mol. The summed E-state index contributed by atoms with van der Waals surface area (Å²) < 4.78 is 26.4. The van der Waals surface area contributed by atoms with Crippen molar-refractivity contribution >= 4 is 5.97 Å². The number of halogens is 2. The van der Waals surface area contributed by atoms with Crippen molar-refractivity contribution in [2.45, 2.75) is 5.92 Å². The van der Waals surface area contributed by atoms with Gasteiger partial charge in [0.05, 0.1) is 0 Å². The van der Waals surface area contributed by atoms with Crippen LogP contribution in [0.4, 0.5) is 8.78 Å². The van der Waals surface area contributed by atoms with Gasteiger partial charge in [-0.1, -0.05) is 6.07 Å². The van der Waals surface area contributed by atoms with Gasteiger partial charge in [-0.15, -0.1) is 0 Å². The Morgan fingerprint density at radius 1 is 1.17 bits per heavy atom. The molecule has 0 aliphatic heterocycles. The van der Waals surface area contributed by atoms with Crippen molar-refractivity contribution in [3.05, 3.63) is 65.5 Å². The fourth-order valence-electron chi connectivity index (χ4n) is 1.75. The number of pyridine rings is 1. The summed E-state index contributed by atoms with van der Waals surface area (Å²) in [5.41, 5.74) is 0.318. The first-order chi connectivity index (χ1) is 8.59. The number of rotatable bonds is 3. The number of nitrogens with zero attached hydrogens (tertiary/aromatic N) is 1. The van der Waals surface area contributed by atoms with E-state index in [2.05, 4.69) is 4.98 Å². The molecule has 0 aliphatic rings. The van der Waals surface area contributed by atoms with E-state index < -0.39 is 23.5 Å². The Labute approximate surface area is 102 Å². The molecule has 0 bridgehead atoms. The van der Waals surface area contributed by atoms with Crippen molar-refractivity contribution in [1.82, 2.24) is 4.98 Å². The van der Waals surface area contributed by atoms with Crippen LogP contribution in [0.3, 0.4) is 0 Å². The highest BCUT2D eigenvalue weighted by Gasteiger charge is 2.25. The van der Waals surface area contributed by atoms with Crippen LogP contribution >= 0.6 is 0 Å². The van der Waals surface area contributed by atoms with Gasteiger partial charge in [0.25, 0.3) is 0 Å². The summed E-state index contributed by atoms with van der Waals surface area (Å²) in [4.78, 5) is 15.0. The first-order valence-corrected chi connectivity index (χ1v) is 5.17. The lowest BCUT2D eigenvalue weighted by atomic mass is 9.92. The van der Waals surface area contributed by atoms with Gasteiger partial charge in [0.1, 0.15) is 17.6 Å². The van der Waals surface area contributed by atoms with Gasteiger partial charge < -0.3 is 5.11 Å². The molecule has 0 fully saturated rings. The molecule has 0 saturated carbocycles. The molecular formula is C13H9F2NO2. The van der Waals surface area contributed by atoms with Crippen molar-refractivity contribution in [3.63, 3.8) is 0 Å². The molecule has 1 atom stereocenters. The first-order valence-electron chi connectivity index (χ1n) is 5.17. The minimum absolute atomic E-state index is 0.0740. The molecule has 0 spiro atoms. The topological polar surface area (TPSA) is 50.2 Å². The lowest BCUT2D eigenvalue weighted by Crippen LogP contribution is -2.14. The predicted octanol–water partition coefficient (Wildman–Crippen LogP) is 2.58. The van der Waals surface area contributed by atoms with E-state index in [-0.39, 0.29) is 5.56 Å². The van der Waals surface area contributed by atoms with E-state index in [1.165, 1.54) is 24.5 Å². The highest BCUT2D eigenvalue weighted by molar-refractivity contribution is 5.80. The molecule has 0 saturated heterocycles. The molecule has 0 aliphatic carbocycles. The smallest absolute Gasteiger partial charge is 0.315 e. The Morgan fingerprint density at radius 3 is 2.39 bits per heavy atom. The fourth-order valence-corrected chi connectivity index (χ4v) is 1.75. The zero-order valence-corrected chi connectivity index (χ0v) is 9.18. The molecule has 2 rings (SSSR count). The molecule has 5 heteroatoms. The van der Waals surface area contributed by atoms with E-state index >= 15 is 0 Å². The molecule has 2 aromatic rings. The van der Waals surface area contributed by atoms with Gasteiger partial charge >= 0.3 is 5.97 Å². The number of aliphatic carboxylic acids is 1. The van der Waals surface area contributed by atoms with Crippen LogP contribution in [0.1, 0.15) is 17.0 Å². The highest BCUT2D eigenvalue weighted by Crippen LogP contribution is 2.27. The first kappa shape index (κ1) is 12.2. The zero-order chi connectivity index (χ0) is 13.1. The normalized spacial score (nSPS) is 12.1. The monoisotopic (exact) mass is 249 g/mol. The number of aromatic nitrogens is 1. The average Bonchev–Trinajstić information content (AvgIpc) is 2.33. The molecule has 1 aromatic heterocycles. The molecule has 92 valence electrons. The van der Waals surface area contributed by atoms with Crippen LogP contribution in [-0.2, 0) is 4.79 Å². The second-order valence-electron chi connectivity index (χ2n) is 3.72. The molecule has 18 heavy (non-hydrogen) atoms. The Bertz CT molecular complexity index is 572. The summed E-state index contributed by atoms with van der Waals surface area (Å²) in [6.07, 6.45) is 2.85. The molecule has 1 aromatic carbocycles. The summed E-state index contributed by atoms with van der Waals surface area (Å²) in [6.45, 7) is 0. The standard InChI is InChI=1S/C13H9F2NO2/c14-9-1-2-10(11(15)7-9)12(13(17)18)8-3-5-16-6-4-8/h1-7,12H,(H,17,18). The van der Waals surface area contributed by atoms with E-state index in [1.54, 1.807) is 0 Å². The second kappa shape index (κ2) is 4.91. The molecule has 1 unspecified atom stereocenters. The lowest BCUT2D eigenvalue weighted by molar-refractivity contribution is -0.137. The minimum Gasteiger partial charge on any atom is -0.481 e. The summed E-state index contributed by atoms with van der Waals surface area (Å²) in [7, 11) is 0. The largest absolute Gasteiger partial charge is 0.481 e. The van der Waals surface area contributed by atoms with Gasteiger partial charge in [-0.25, -0.2) is 8.78 Å². The van der Waals surface area contributed by atoms with Gasteiger partial charge in [-0.2, -0.15) is 0 Å². The van der Waals surface area contributed by atoms with Gasteiger partial charge in [-0.05, 0) is 23.8 Å². The molecule has 3 nitrogen and oxygen atoms in total. The van der Waals surface area contributed by atoms with Crippen molar-refractivity contribution < 1.29 is 18.7 Å². The number of benzene rings is 1. The van der Waals surface area contributed by atoms with Crippen molar-refractivity contribution in [2.75, 3.05) is 0 Å². The van der Waals surface area contributed by atoms with Gasteiger partial charge in [0.2, 0.25) is 0 Å². The number of carbonyl (C=O) groups is 1. The Hall–Kier alpha value is -2.30. The third-order valence-corrected chi connectivity index (χ3v) is 2.56. The van der Waals surface area contributed by atoms with E-state index in [0.29, 0.717) is 11.6 Å². The van der Waals surface area contributed by atoms with Gasteiger partial charge in [0, 0.05) is 24.0 Å². The maximum atomic E-state index is 13.6. The number of hydrogen-bond donors (Lipinski definition) is 1. The van der Waals surface area contributed by atoms with Crippen molar-refractivity contribution in [3.8, 4) is 0 Å². The summed E-state index contributed by atoms with van der Waals surface area (Å²) >= 11 is 0. The number of carboxylic acids is 1. The molecule has 1 heterocycles. The summed E-state index contributed by atoms with van der Waals surface area (Å²) in [6, 6.07) is 5.83. The van der Waals surface area contributed by atoms with Crippen LogP contribution in [0, 0.1) is 11.6 Å². The summed E-state index contributed by atoms with van der Waals surface area (Å²) in [5, 5.41) is 9.19. The SMILES string of the molecule is O=C(O)C(c1ccncc1)c1ccc(F)cc1F. The van der Waals surface area contributed by atoms with Crippen molar-refractivity contribution in [2.24, 2.45) is 0 Å². The van der Waals surface area contributed by atoms with Gasteiger partial charge in [-0.3, -0.25) is 9.78 Å². The van der Waals surface area contributed by atoms with E-state index in [0.717, 1.165) is 12.1 Å². The average molecular weight is 249 g/mol. The Balaban J connectivity index is 2.52. The van der Waals surface area contributed by atoms with Gasteiger partial charge in [0.15, 0.2) is 0 Å². The molecule has 0 amide bonds. The third kappa shape index (κ3) is 2.34. The predicted molar refractivity (Wildman–Crippen MR) is 60.1 cm³/mol. The quantitative estimate of drug-likeness (QED) is 0.909. The Kier molecular flexibility index (Phi) is 3.32. The van der Waals surface area contributed by atoms with E-state index in [9.17, 15) is 18.7 Å².